The number of thiophene rings is 1. The zero-order valence-electron chi connectivity index (χ0n) is 10.2. The SMILES string of the molecule is O=C(NCCCOCc1ccco1)c1ccc(Br)s1. The molecule has 0 radical (unpaired) electrons. The maximum absolute atomic E-state index is 11.7. The molecule has 0 atom stereocenters. The van der Waals surface area contributed by atoms with Crippen LogP contribution in [-0.4, -0.2) is 19.1 Å². The monoisotopic (exact) mass is 343 g/mol. The van der Waals surface area contributed by atoms with Crippen LogP contribution in [0.15, 0.2) is 38.7 Å². The molecule has 4 nitrogen and oxygen atoms in total. The Labute approximate surface area is 123 Å². The Balaban J connectivity index is 1.55. The molecule has 2 heterocycles. The van der Waals surface area contributed by atoms with Gasteiger partial charge in [-0.1, -0.05) is 0 Å². The van der Waals surface area contributed by atoms with Crippen LogP contribution in [0.2, 0.25) is 0 Å². The quantitative estimate of drug-likeness (QED) is 0.783. The smallest absolute Gasteiger partial charge is 0.261 e. The highest BCUT2D eigenvalue weighted by atomic mass is 79.9. The second-order valence-corrected chi connectivity index (χ2v) is 6.31. The molecule has 0 unspecified atom stereocenters. The van der Waals surface area contributed by atoms with Gasteiger partial charge in [0.15, 0.2) is 0 Å². The number of carbonyl (C=O) groups is 1. The predicted octanol–water partition coefficient (Wildman–Crippen LogP) is 3.44. The number of rotatable bonds is 7. The molecular formula is C13H14BrNO3S. The van der Waals surface area contributed by atoms with Crippen LogP contribution in [0.5, 0.6) is 0 Å². The van der Waals surface area contributed by atoms with Gasteiger partial charge >= 0.3 is 0 Å². The molecule has 102 valence electrons. The van der Waals surface area contributed by atoms with E-state index < -0.39 is 0 Å². The van der Waals surface area contributed by atoms with Crippen LogP contribution < -0.4 is 5.32 Å². The number of nitrogens with one attached hydrogen (secondary N) is 1. The Kier molecular flexibility index (Phi) is 5.62. The van der Waals surface area contributed by atoms with Gasteiger partial charge in [-0.05, 0) is 46.6 Å². The van der Waals surface area contributed by atoms with E-state index in [9.17, 15) is 4.79 Å². The third kappa shape index (κ3) is 4.81. The van der Waals surface area contributed by atoms with Crippen LogP contribution in [0, 0.1) is 0 Å². The number of hydrogen-bond acceptors (Lipinski definition) is 4. The van der Waals surface area contributed by atoms with Crippen molar-refractivity contribution in [1.29, 1.82) is 0 Å². The van der Waals surface area contributed by atoms with Gasteiger partial charge in [-0.2, -0.15) is 0 Å². The molecule has 0 aromatic carbocycles. The number of amides is 1. The third-order valence-corrected chi connectivity index (χ3v) is 3.99. The molecule has 2 rings (SSSR count). The van der Waals surface area contributed by atoms with E-state index in [0.717, 1.165) is 16.0 Å². The lowest BCUT2D eigenvalue weighted by Gasteiger charge is -2.04. The van der Waals surface area contributed by atoms with Crippen LogP contribution >= 0.6 is 27.3 Å². The molecule has 0 aliphatic heterocycles. The first-order valence-electron chi connectivity index (χ1n) is 5.89. The maximum atomic E-state index is 11.7. The van der Waals surface area contributed by atoms with E-state index >= 15 is 0 Å². The van der Waals surface area contributed by atoms with Crippen molar-refractivity contribution in [3.8, 4) is 0 Å². The van der Waals surface area contributed by atoms with Gasteiger partial charge in [0, 0.05) is 13.2 Å². The van der Waals surface area contributed by atoms with Gasteiger partial charge in [-0.3, -0.25) is 4.79 Å². The average molecular weight is 344 g/mol. The van der Waals surface area contributed by atoms with Crippen LogP contribution in [0.25, 0.3) is 0 Å². The molecule has 0 saturated carbocycles. The third-order valence-electron chi connectivity index (χ3n) is 2.37. The van der Waals surface area contributed by atoms with Crippen molar-refractivity contribution in [2.75, 3.05) is 13.2 Å². The van der Waals surface area contributed by atoms with Gasteiger partial charge in [-0.15, -0.1) is 11.3 Å². The van der Waals surface area contributed by atoms with Gasteiger partial charge in [0.05, 0.1) is 14.9 Å². The zero-order valence-corrected chi connectivity index (χ0v) is 12.6. The van der Waals surface area contributed by atoms with Crippen molar-refractivity contribution in [3.05, 3.63) is 45.0 Å². The largest absolute Gasteiger partial charge is 0.467 e. The van der Waals surface area contributed by atoms with Crippen molar-refractivity contribution < 1.29 is 13.9 Å². The number of furan rings is 1. The summed E-state index contributed by atoms with van der Waals surface area (Å²) in [6, 6.07) is 7.37. The summed E-state index contributed by atoms with van der Waals surface area (Å²) in [6.07, 6.45) is 2.40. The molecule has 0 saturated heterocycles. The summed E-state index contributed by atoms with van der Waals surface area (Å²) in [5.74, 6) is 0.772. The van der Waals surface area contributed by atoms with Gasteiger partial charge in [-0.25, -0.2) is 0 Å². The summed E-state index contributed by atoms with van der Waals surface area (Å²) in [5.41, 5.74) is 0. The number of carbonyl (C=O) groups excluding carboxylic acids is 1. The Bertz CT molecular complexity index is 510. The zero-order chi connectivity index (χ0) is 13.5. The van der Waals surface area contributed by atoms with E-state index in [1.807, 2.05) is 18.2 Å². The first-order chi connectivity index (χ1) is 9.25. The van der Waals surface area contributed by atoms with E-state index in [4.69, 9.17) is 9.15 Å². The summed E-state index contributed by atoms with van der Waals surface area (Å²) in [7, 11) is 0. The van der Waals surface area contributed by atoms with Gasteiger partial charge in [0.1, 0.15) is 12.4 Å². The van der Waals surface area contributed by atoms with Crippen molar-refractivity contribution in [1.82, 2.24) is 5.32 Å². The Morgan fingerprint density at radius 1 is 1.42 bits per heavy atom. The highest BCUT2D eigenvalue weighted by Gasteiger charge is 2.07. The summed E-state index contributed by atoms with van der Waals surface area (Å²) in [4.78, 5) is 12.4. The molecule has 0 aliphatic rings. The Morgan fingerprint density at radius 3 is 3.00 bits per heavy atom. The highest BCUT2D eigenvalue weighted by Crippen LogP contribution is 2.21. The fourth-order valence-corrected chi connectivity index (χ4v) is 2.77. The topological polar surface area (TPSA) is 51.5 Å². The molecule has 0 fully saturated rings. The lowest BCUT2D eigenvalue weighted by atomic mass is 10.4. The maximum Gasteiger partial charge on any atom is 0.261 e. The van der Waals surface area contributed by atoms with Crippen LogP contribution in [0.1, 0.15) is 21.9 Å². The molecule has 0 aliphatic carbocycles. The van der Waals surface area contributed by atoms with Gasteiger partial charge in [0.2, 0.25) is 0 Å². The van der Waals surface area contributed by atoms with E-state index in [0.29, 0.717) is 24.6 Å². The molecule has 2 aromatic heterocycles. The van der Waals surface area contributed by atoms with Crippen LogP contribution in [0.4, 0.5) is 0 Å². The van der Waals surface area contributed by atoms with Crippen molar-refractivity contribution in [3.63, 3.8) is 0 Å². The summed E-state index contributed by atoms with van der Waals surface area (Å²) in [5, 5.41) is 2.85. The number of ether oxygens (including phenoxy) is 1. The van der Waals surface area contributed by atoms with Crippen LogP contribution in [-0.2, 0) is 11.3 Å². The summed E-state index contributed by atoms with van der Waals surface area (Å²) >= 11 is 4.75. The van der Waals surface area contributed by atoms with Crippen molar-refractivity contribution >= 4 is 33.2 Å². The summed E-state index contributed by atoms with van der Waals surface area (Å²) < 4.78 is 11.5. The number of halogens is 1. The van der Waals surface area contributed by atoms with Crippen molar-refractivity contribution in [2.45, 2.75) is 13.0 Å². The van der Waals surface area contributed by atoms with Crippen LogP contribution in [0.3, 0.4) is 0 Å². The lowest BCUT2D eigenvalue weighted by Crippen LogP contribution is -2.24. The van der Waals surface area contributed by atoms with E-state index in [1.165, 1.54) is 11.3 Å². The molecule has 1 amide bonds. The first kappa shape index (κ1) is 14.3. The Morgan fingerprint density at radius 2 is 2.32 bits per heavy atom. The summed E-state index contributed by atoms with van der Waals surface area (Å²) in [6.45, 7) is 1.67. The predicted molar refractivity (Wildman–Crippen MR) is 77.3 cm³/mol. The lowest BCUT2D eigenvalue weighted by molar-refractivity contribution is 0.0920. The minimum absolute atomic E-state index is 0.0401. The molecule has 0 spiro atoms. The fraction of sp³-hybridized carbons (Fsp3) is 0.308. The highest BCUT2D eigenvalue weighted by molar-refractivity contribution is 9.11. The molecule has 0 bridgehead atoms. The minimum atomic E-state index is -0.0401. The first-order valence-corrected chi connectivity index (χ1v) is 7.50. The Hall–Kier alpha value is -1.11. The average Bonchev–Trinajstić information content (AvgIpc) is 3.04. The second-order valence-electron chi connectivity index (χ2n) is 3.85. The fourth-order valence-electron chi connectivity index (χ4n) is 1.47. The van der Waals surface area contributed by atoms with Crippen molar-refractivity contribution in [2.24, 2.45) is 0 Å². The normalized spacial score (nSPS) is 10.6. The van der Waals surface area contributed by atoms with Gasteiger partial charge < -0.3 is 14.5 Å². The molecular weight excluding hydrogens is 330 g/mol. The minimum Gasteiger partial charge on any atom is -0.467 e. The molecule has 6 heteroatoms. The van der Waals surface area contributed by atoms with Gasteiger partial charge in [0.25, 0.3) is 5.91 Å². The standard InChI is InChI=1S/C13H14BrNO3S/c14-12-5-4-11(19-12)13(16)15-6-2-7-17-9-10-3-1-8-18-10/h1,3-5,8H,2,6-7,9H2,(H,15,16). The molecule has 2 aromatic rings. The molecule has 1 N–H and O–H groups in total. The second kappa shape index (κ2) is 7.47. The number of hydrogen-bond donors (Lipinski definition) is 1. The van der Waals surface area contributed by atoms with E-state index in [2.05, 4.69) is 21.2 Å². The van der Waals surface area contributed by atoms with E-state index in [-0.39, 0.29) is 5.91 Å². The van der Waals surface area contributed by atoms with E-state index in [1.54, 1.807) is 12.3 Å². The molecule has 19 heavy (non-hydrogen) atoms.